The highest BCUT2D eigenvalue weighted by Gasteiger charge is 2.22. The maximum Gasteiger partial charge on any atom is 0.258 e. The van der Waals surface area contributed by atoms with Gasteiger partial charge in [-0.05, 0) is 55.0 Å². The number of halogens is 1. The van der Waals surface area contributed by atoms with Crippen LogP contribution in [-0.4, -0.2) is 37.1 Å². The van der Waals surface area contributed by atoms with E-state index in [1.54, 1.807) is 38.4 Å². The van der Waals surface area contributed by atoms with Crippen LogP contribution in [0.2, 0.25) is 5.15 Å². The smallest absolute Gasteiger partial charge is 0.258 e. The number of carbonyl (C=O) groups excluding carboxylic acids is 1. The summed E-state index contributed by atoms with van der Waals surface area (Å²) < 4.78 is 16.3. The molecule has 6 nitrogen and oxygen atoms in total. The summed E-state index contributed by atoms with van der Waals surface area (Å²) >= 11 is 6.58. The van der Waals surface area contributed by atoms with E-state index >= 15 is 0 Å². The summed E-state index contributed by atoms with van der Waals surface area (Å²) in [6.45, 7) is 2.61. The number of rotatable bonds is 8. The van der Waals surface area contributed by atoms with Crippen molar-refractivity contribution >= 4 is 28.4 Å². The highest BCUT2D eigenvalue weighted by Crippen LogP contribution is 2.30. The molecule has 3 aromatic carbocycles. The number of fused-ring (bicyclic) bond motifs is 1. The van der Waals surface area contributed by atoms with Gasteiger partial charge in [-0.25, -0.2) is 4.98 Å². The van der Waals surface area contributed by atoms with E-state index in [4.69, 9.17) is 25.8 Å². The van der Waals surface area contributed by atoms with Gasteiger partial charge in [0.05, 0.1) is 32.4 Å². The molecule has 0 saturated heterocycles. The number of ether oxygens (including phenoxy) is 3. The zero-order valence-electron chi connectivity index (χ0n) is 20.2. The molecule has 0 fully saturated rings. The van der Waals surface area contributed by atoms with Gasteiger partial charge in [0.1, 0.15) is 10.9 Å². The van der Waals surface area contributed by atoms with Gasteiger partial charge in [-0.1, -0.05) is 41.4 Å². The molecule has 0 aliphatic rings. The Labute approximate surface area is 210 Å². The highest BCUT2D eigenvalue weighted by molar-refractivity contribution is 6.30. The van der Waals surface area contributed by atoms with Crippen molar-refractivity contribution in [3.05, 3.63) is 94.1 Å². The number of pyridine rings is 1. The van der Waals surface area contributed by atoms with E-state index in [-0.39, 0.29) is 12.5 Å². The van der Waals surface area contributed by atoms with Gasteiger partial charge in [0.15, 0.2) is 11.5 Å². The fourth-order valence-corrected chi connectivity index (χ4v) is 4.23. The summed E-state index contributed by atoms with van der Waals surface area (Å²) in [5.74, 6) is 1.54. The Kier molecular flexibility index (Phi) is 7.42. The molecule has 0 bridgehead atoms. The van der Waals surface area contributed by atoms with Crippen LogP contribution >= 0.6 is 11.6 Å². The molecule has 0 aliphatic carbocycles. The number of hydrogen-bond acceptors (Lipinski definition) is 5. The van der Waals surface area contributed by atoms with Gasteiger partial charge < -0.3 is 19.1 Å². The summed E-state index contributed by atoms with van der Waals surface area (Å²) in [6.07, 6.45) is 0. The van der Waals surface area contributed by atoms with Crippen LogP contribution in [0, 0.1) is 6.92 Å². The molecule has 0 spiro atoms. The zero-order valence-corrected chi connectivity index (χ0v) is 20.9. The van der Waals surface area contributed by atoms with Gasteiger partial charge in [-0.15, -0.1) is 0 Å². The average molecular weight is 491 g/mol. The summed E-state index contributed by atoms with van der Waals surface area (Å²) in [4.78, 5) is 20.1. The maximum atomic E-state index is 13.8. The first kappa shape index (κ1) is 24.4. The monoisotopic (exact) mass is 490 g/mol. The number of aryl methyl sites for hydroxylation is 1. The molecule has 1 amide bonds. The van der Waals surface area contributed by atoms with Crippen LogP contribution in [0.25, 0.3) is 10.9 Å². The maximum absolute atomic E-state index is 13.8. The number of nitrogens with zero attached hydrogens (tertiary/aromatic N) is 2. The molecule has 180 valence electrons. The molecule has 7 heteroatoms. The third-order valence-electron chi connectivity index (χ3n) is 5.80. The molecular formula is C28H27ClN2O4. The number of methoxy groups -OCH3 is 3. The molecule has 1 heterocycles. The Morgan fingerprint density at radius 3 is 2.34 bits per heavy atom. The highest BCUT2D eigenvalue weighted by atomic mass is 35.5. The first-order valence-electron chi connectivity index (χ1n) is 11.1. The Bertz CT molecular complexity index is 1370. The number of hydrogen-bond donors (Lipinski definition) is 0. The largest absolute Gasteiger partial charge is 0.496 e. The van der Waals surface area contributed by atoms with Crippen LogP contribution in [0.15, 0.2) is 66.7 Å². The lowest BCUT2D eigenvalue weighted by molar-refractivity contribution is 0.0726. The fraction of sp³-hybridized carbons (Fsp3) is 0.214. The van der Waals surface area contributed by atoms with E-state index < -0.39 is 0 Å². The van der Waals surface area contributed by atoms with Gasteiger partial charge in [0.25, 0.3) is 5.91 Å². The SMILES string of the molecule is COc1ccc(CN(Cc2cc3cc(C)ccc3nc2Cl)C(=O)c2ccccc2OC)cc1OC. The van der Waals surface area contributed by atoms with Crippen molar-refractivity contribution in [3.63, 3.8) is 0 Å². The molecule has 0 saturated carbocycles. The predicted molar refractivity (Wildman–Crippen MR) is 138 cm³/mol. The first-order chi connectivity index (χ1) is 16.9. The summed E-state index contributed by atoms with van der Waals surface area (Å²) in [5, 5.41) is 1.34. The summed E-state index contributed by atoms with van der Waals surface area (Å²) in [6, 6.07) is 20.8. The molecule has 4 rings (SSSR count). The average Bonchev–Trinajstić information content (AvgIpc) is 2.88. The lowest BCUT2D eigenvalue weighted by Crippen LogP contribution is -2.30. The van der Waals surface area contributed by atoms with Gasteiger partial charge in [-0.3, -0.25) is 4.79 Å². The number of para-hydroxylation sites is 1. The van der Waals surface area contributed by atoms with Crippen LogP contribution in [0.5, 0.6) is 17.2 Å². The van der Waals surface area contributed by atoms with Crippen LogP contribution < -0.4 is 14.2 Å². The van der Waals surface area contributed by atoms with Crippen LogP contribution in [0.1, 0.15) is 27.0 Å². The second kappa shape index (κ2) is 10.7. The van der Waals surface area contributed by atoms with E-state index in [1.165, 1.54) is 0 Å². The molecule has 4 aromatic rings. The molecular weight excluding hydrogens is 464 g/mol. The quantitative estimate of drug-likeness (QED) is 0.281. The minimum Gasteiger partial charge on any atom is -0.496 e. The Morgan fingerprint density at radius 1 is 0.857 bits per heavy atom. The van der Waals surface area contributed by atoms with Crippen molar-refractivity contribution in [2.45, 2.75) is 20.0 Å². The minimum atomic E-state index is -0.183. The van der Waals surface area contributed by atoms with Crippen molar-refractivity contribution < 1.29 is 19.0 Å². The lowest BCUT2D eigenvalue weighted by Gasteiger charge is -2.25. The third kappa shape index (κ3) is 5.33. The zero-order chi connectivity index (χ0) is 24.9. The van der Waals surface area contributed by atoms with Crippen molar-refractivity contribution in [1.82, 2.24) is 9.88 Å². The Hall–Kier alpha value is -3.77. The molecule has 0 aliphatic heterocycles. The van der Waals surface area contributed by atoms with E-state index in [9.17, 15) is 4.79 Å². The van der Waals surface area contributed by atoms with Crippen LogP contribution in [0.3, 0.4) is 0 Å². The number of aromatic nitrogens is 1. The van der Waals surface area contributed by atoms with Crippen molar-refractivity contribution in [2.24, 2.45) is 0 Å². The van der Waals surface area contributed by atoms with Crippen molar-refractivity contribution in [2.75, 3.05) is 21.3 Å². The van der Waals surface area contributed by atoms with E-state index in [0.29, 0.717) is 34.5 Å². The Morgan fingerprint density at radius 2 is 1.60 bits per heavy atom. The lowest BCUT2D eigenvalue weighted by atomic mass is 10.1. The predicted octanol–water partition coefficient (Wildman–Crippen LogP) is 6.07. The second-order valence-corrected chi connectivity index (χ2v) is 8.54. The van der Waals surface area contributed by atoms with Crippen LogP contribution in [0.4, 0.5) is 0 Å². The summed E-state index contributed by atoms with van der Waals surface area (Å²) in [7, 11) is 4.73. The first-order valence-corrected chi connectivity index (χ1v) is 11.5. The topological polar surface area (TPSA) is 60.9 Å². The second-order valence-electron chi connectivity index (χ2n) is 8.19. The van der Waals surface area contributed by atoms with E-state index in [0.717, 1.165) is 27.6 Å². The third-order valence-corrected chi connectivity index (χ3v) is 6.13. The number of benzene rings is 3. The number of amides is 1. The molecule has 0 unspecified atom stereocenters. The van der Waals surface area contributed by atoms with E-state index in [2.05, 4.69) is 11.1 Å². The normalized spacial score (nSPS) is 10.8. The van der Waals surface area contributed by atoms with Gasteiger partial charge >= 0.3 is 0 Å². The number of carbonyl (C=O) groups is 1. The molecule has 0 radical (unpaired) electrons. The fourth-order valence-electron chi connectivity index (χ4n) is 4.02. The molecule has 35 heavy (non-hydrogen) atoms. The minimum absolute atomic E-state index is 0.183. The standard InChI is InChI=1S/C28H27ClN2O4/c1-18-9-11-23-20(13-18)15-21(27(29)30-23)17-31(28(32)22-7-5-6-8-24(22)33-2)16-19-10-12-25(34-3)26(14-19)35-4/h5-15H,16-17H2,1-4H3. The summed E-state index contributed by atoms with van der Waals surface area (Å²) in [5.41, 5.74) is 4.04. The van der Waals surface area contributed by atoms with E-state index in [1.807, 2.05) is 55.5 Å². The van der Waals surface area contributed by atoms with Crippen molar-refractivity contribution in [3.8, 4) is 17.2 Å². The van der Waals surface area contributed by atoms with Crippen molar-refractivity contribution in [1.29, 1.82) is 0 Å². The molecule has 0 atom stereocenters. The Balaban J connectivity index is 1.75. The van der Waals surface area contributed by atoms with Crippen LogP contribution in [-0.2, 0) is 13.1 Å². The molecule has 1 aromatic heterocycles. The van der Waals surface area contributed by atoms with Gasteiger partial charge in [-0.2, -0.15) is 0 Å². The van der Waals surface area contributed by atoms with Gasteiger partial charge in [0, 0.05) is 24.0 Å². The molecule has 0 N–H and O–H groups in total. The van der Waals surface area contributed by atoms with Gasteiger partial charge in [0.2, 0.25) is 0 Å².